The van der Waals surface area contributed by atoms with Crippen molar-refractivity contribution < 1.29 is 38.8 Å². The lowest BCUT2D eigenvalue weighted by Gasteiger charge is -2.25. The Morgan fingerprint density at radius 3 is 2.59 bits per heavy atom. The van der Waals surface area contributed by atoms with Crippen molar-refractivity contribution in [2.45, 2.75) is 50.7 Å². The molecule has 2 fully saturated rings. The van der Waals surface area contributed by atoms with Crippen molar-refractivity contribution in [2.75, 3.05) is 67.1 Å². The predicted molar refractivity (Wildman–Crippen MR) is 174 cm³/mol. The van der Waals surface area contributed by atoms with Gasteiger partial charge in [0.1, 0.15) is 12.4 Å². The molecule has 3 N–H and O–H groups in total. The molecule has 0 aliphatic carbocycles. The second-order valence-corrected chi connectivity index (χ2v) is 11.9. The number of nitrogens with zero attached hydrogens (tertiary/aromatic N) is 3. The summed E-state index contributed by atoms with van der Waals surface area (Å²) >= 11 is 0. The first-order valence-electron chi connectivity index (χ1n) is 15.9. The molecular formula is C34H50N4O8. The van der Waals surface area contributed by atoms with Crippen LogP contribution in [0.25, 0.3) is 0 Å². The smallest absolute Gasteiger partial charge is 0.290 e. The van der Waals surface area contributed by atoms with Crippen LogP contribution in [0.4, 0.5) is 0 Å². The third-order valence-electron chi connectivity index (χ3n) is 8.55. The molecule has 1 amide bonds. The van der Waals surface area contributed by atoms with Gasteiger partial charge in [0, 0.05) is 31.7 Å². The number of benzene rings is 2. The van der Waals surface area contributed by atoms with Crippen LogP contribution in [-0.4, -0.2) is 117 Å². The molecule has 0 radical (unpaired) electrons. The lowest BCUT2D eigenvalue weighted by molar-refractivity contribution is -0.123. The lowest BCUT2D eigenvalue weighted by atomic mass is 9.94. The number of fused-ring (bicyclic) bond motifs is 8. The van der Waals surface area contributed by atoms with Gasteiger partial charge in [0.15, 0.2) is 11.5 Å². The van der Waals surface area contributed by atoms with Gasteiger partial charge in [0.25, 0.3) is 12.9 Å². The quantitative estimate of drug-likeness (QED) is 0.383. The maximum absolute atomic E-state index is 13.2. The molecule has 12 nitrogen and oxygen atoms in total. The number of nitrogens with one attached hydrogen (secondary N) is 1. The second-order valence-electron chi connectivity index (χ2n) is 11.9. The van der Waals surface area contributed by atoms with Crippen LogP contribution < -0.4 is 19.5 Å². The Morgan fingerprint density at radius 1 is 1.07 bits per heavy atom. The van der Waals surface area contributed by atoms with Crippen molar-refractivity contribution in [3.05, 3.63) is 53.6 Å². The maximum atomic E-state index is 13.2. The van der Waals surface area contributed by atoms with Gasteiger partial charge in [-0.25, -0.2) is 0 Å². The van der Waals surface area contributed by atoms with Gasteiger partial charge in [-0.1, -0.05) is 18.2 Å². The van der Waals surface area contributed by atoms with Crippen LogP contribution in [0.1, 0.15) is 49.3 Å². The zero-order valence-corrected chi connectivity index (χ0v) is 27.3. The van der Waals surface area contributed by atoms with Crippen LogP contribution >= 0.6 is 0 Å². The summed E-state index contributed by atoms with van der Waals surface area (Å²) in [5.74, 6) is 3.07. The number of rotatable bonds is 7. The molecule has 2 aromatic carbocycles. The standard InChI is InChI=1S/C32H46N4O4.2CH2O2/c1-34(2)15-17-39-27-9-6-8-24(18-27)22-35-13-4-5-16-40-31-20-25(11-12-30(31)38-3)29-19-26(21-33-32(37)23-35)28-10-7-14-36(28)29;2*2-1-3/h6,8-9,11-12,18,20,26,28-29H,4-5,7,10,13-17,19,21-23H2,1-3H3,(H,33,37);2*1H,(H,2,3)/t26-,28+,29-;;/m1../s1. The average molecular weight is 643 g/mol. The molecule has 12 heteroatoms. The number of carbonyl (C=O) groups excluding carboxylic acids is 1. The van der Waals surface area contributed by atoms with Crippen LogP contribution in [0, 0.1) is 5.92 Å². The fourth-order valence-electron chi connectivity index (χ4n) is 6.52. The highest BCUT2D eigenvalue weighted by molar-refractivity contribution is 5.78. The van der Waals surface area contributed by atoms with Crippen LogP contribution in [-0.2, 0) is 20.9 Å². The summed E-state index contributed by atoms with van der Waals surface area (Å²) in [6.07, 6.45) is 5.32. The van der Waals surface area contributed by atoms with Crippen LogP contribution in [0.5, 0.6) is 17.2 Å². The van der Waals surface area contributed by atoms with Crippen molar-refractivity contribution in [2.24, 2.45) is 5.92 Å². The highest BCUT2D eigenvalue weighted by atomic mass is 16.5. The summed E-state index contributed by atoms with van der Waals surface area (Å²) in [6, 6.07) is 15.6. The number of hydrogen-bond donors (Lipinski definition) is 3. The maximum Gasteiger partial charge on any atom is 0.290 e. The van der Waals surface area contributed by atoms with E-state index in [1.165, 1.54) is 18.4 Å². The topological polar surface area (TPSA) is 141 Å². The summed E-state index contributed by atoms with van der Waals surface area (Å²) in [6.45, 7) is 5.41. The van der Waals surface area contributed by atoms with Crippen LogP contribution in [0.15, 0.2) is 42.5 Å². The molecule has 0 spiro atoms. The van der Waals surface area contributed by atoms with Gasteiger partial charge in [-0.15, -0.1) is 0 Å². The molecule has 0 saturated carbocycles. The van der Waals surface area contributed by atoms with Crippen molar-refractivity contribution in [1.29, 1.82) is 0 Å². The van der Waals surface area contributed by atoms with Crippen LogP contribution in [0.3, 0.4) is 0 Å². The third kappa shape index (κ3) is 11.2. The molecule has 0 unspecified atom stereocenters. The molecular weight excluding hydrogens is 592 g/mol. The summed E-state index contributed by atoms with van der Waals surface area (Å²) in [4.78, 5) is 36.9. The molecule has 5 rings (SSSR count). The number of amides is 1. The van der Waals surface area contributed by atoms with Gasteiger partial charge in [-0.05, 0) is 101 Å². The molecule has 0 aromatic heterocycles. The summed E-state index contributed by atoms with van der Waals surface area (Å²) < 4.78 is 17.9. The van der Waals surface area contributed by atoms with Gasteiger partial charge in [0.2, 0.25) is 5.91 Å². The number of methoxy groups -OCH3 is 1. The van der Waals surface area contributed by atoms with E-state index >= 15 is 0 Å². The Labute approximate surface area is 272 Å². The van der Waals surface area contributed by atoms with Crippen molar-refractivity contribution in [3.8, 4) is 17.2 Å². The van der Waals surface area contributed by atoms with Crippen molar-refractivity contribution in [3.63, 3.8) is 0 Å². The number of hydrogen-bond acceptors (Lipinski definition) is 9. The third-order valence-corrected chi connectivity index (χ3v) is 8.55. The van der Waals surface area contributed by atoms with Crippen LogP contribution in [0.2, 0.25) is 0 Å². The summed E-state index contributed by atoms with van der Waals surface area (Å²) in [5.41, 5.74) is 2.45. The molecule has 2 aromatic rings. The predicted octanol–water partition coefficient (Wildman–Crippen LogP) is 3.35. The van der Waals surface area contributed by atoms with E-state index in [1.54, 1.807) is 7.11 Å². The Hall–Kier alpha value is -3.87. The van der Waals surface area contributed by atoms with E-state index in [0.29, 0.717) is 44.3 Å². The van der Waals surface area contributed by atoms with Gasteiger partial charge in [-0.2, -0.15) is 0 Å². The first-order valence-corrected chi connectivity index (χ1v) is 15.9. The number of likely N-dealkylation sites (N-methyl/N-ethyl adjacent to an activating group) is 1. The van der Waals surface area contributed by atoms with E-state index in [1.807, 2.05) is 32.3 Å². The Kier molecular flexibility index (Phi) is 15.6. The van der Waals surface area contributed by atoms with Gasteiger partial charge in [-0.3, -0.25) is 24.2 Å². The van der Waals surface area contributed by atoms with Gasteiger partial charge >= 0.3 is 0 Å². The lowest BCUT2D eigenvalue weighted by Crippen LogP contribution is -2.41. The molecule has 46 heavy (non-hydrogen) atoms. The van der Waals surface area contributed by atoms with Gasteiger partial charge < -0.3 is 34.6 Å². The van der Waals surface area contributed by atoms with Crippen molar-refractivity contribution in [1.82, 2.24) is 20.0 Å². The largest absolute Gasteiger partial charge is 0.493 e. The van der Waals surface area contributed by atoms with Crippen molar-refractivity contribution >= 4 is 18.9 Å². The average Bonchev–Trinajstić information content (AvgIpc) is 3.64. The molecule has 2 saturated heterocycles. The first-order chi connectivity index (χ1) is 22.3. The molecule has 254 valence electrons. The van der Waals surface area contributed by atoms with E-state index in [4.69, 9.17) is 34.0 Å². The van der Waals surface area contributed by atoms with E-state index in [9.17, 15) is 4.79 Å². The van der Waals surface area contributed by atoms with Gasteiger partial charge in [0.05, 0.1) is 20.3 Å². The Bertz CT molecular complexity index is 1220. The highest BCUT2D eigenvalue weighted by Gasteiger charge is 2.44. The van der Waals surface area contributed by atoms with E-state index in [0.717, 1.165) is 68.3 Å². The Balaban J connectivity index is 0.000000891. The van der Waals surface area contributed by atoms with E-state index in [-0.39, 0.29) is 18.9 Å². The zero-order chi connectivity index (χ0) is 33.3. The summed E-state index contributed by atoms with van der Waals surface area (Å²) in [5, 5.41) is 17.1. The molecule has 3 aliphatic heterocycles. The number of carboxylic acid groups (broad SMARTS) is 2. The fraction of sp³-hybridized carbons (Fsp3) is 0.559. The molecule has 3 atom stereocenters. The second kappa shape index (κ2) is 19.6. The molecule has 3 heterocycles. The SMILES string of the molecule is COc1ccc2cc1OCCCCN(Cc1cccc(OCCN(C)C)c1)CC(=O)NC[C@H]1C[C@H]2N2CCC[C@@H]12.O=CO.O=CO. The minimum atomic E-state index is -0.250. The van der Waals surface area contributed by atoms with E-state index < -0.39 is 0 Å². The Morgan fingerprint density at radius 2 is 1.85 bits per heavy atom. The number of carbonyl (C=O) groups is 3. The zero-order valence-electron chi connectivity index (χ0n) is 27.3. The van der Waals surface area contributed by atoms with E-state index in [2.05, 4.69) is 44.3 Å². The normalized spacial score (nSPS) is 21.7. The highest BCUT2D eigenvalue weighted by Crippen LogP contribution is 2.46. The fourth-order valence-corrected chi connectivity index (χ4v) is 6.52. The monoisotopic (exact) mass is 642 g/mol. The first kappa shape index (κ1) is 36.6. The molecule has 4 bridgehead atoms. The number of ether oxygens (including phenoxy) is 3. The molecule has 3 aliphatic rings. The minimum Gasteiger partial charge on any atom is -0.493 e. The minimum absolute atomic E-state index is 0.112. The summed E-state index contributed by atoms with van der Waals surface area (Å²) in [7, 11) is 5.79.